The fraction of sp³-hybridized carbons (Fsp3) is 0.667. The van der Waals surface area contributed by atoms with Crippen molar-refractivity contribution < 1.29 is 24.6 Å². The molecule has 0 radical (unpaired) electrons. The summed E-state index contributed by atoms with van der Waals surface area (Å²) in [6, 6.07) is -1.42. The standard InChI is InChI=1S/C9H16N2O5/c1-9(2,10-3)8(16)11-5(7(14)15)4-6(12)13/h5,10H,4H2,1-3H3,(H,11,16)(H,12,13)(H,14,15). The summed E-state index contributed by atoms with van der Waals surface area (Å²) in [7, 11) is 1.55. The van der Waals surface area contributed by atoms with Gasteiger partial charge in [-0.2, -0.15) is 0 Å². The first-order chi connectivity index (χ1) is 7.20. The van der Waals surface area contributed by atoms with Crippen LogP contribution in [0.4, 0.5) is 0 Å². The number of carboxylic acid groups (broad SMARTS) is 2. The van der Waals surface area contributed by atoms with Crippen LogP contribution in [-0.2, 0) is 14.4 Å². The van der Waals surface area contributed by atoms with Gasteiger partial charge in [0.25, 0.3) is 0 Å². The van der Waals surface area contributed by atoms with Crippen LogP contribution in [0.5, 0.6) is 0 Å². The number of amides is 1. The molecular formula is C9H16N2O5. The second-order valence-electron chi connectivity index (χ2n) is 3.84. The van der Waals surface area contributed by atoms with E-state index in [-0.39, 0.29) is 0 Å². The maximum absolute atomic E-state index is 11.6. The lowest BCUT2D eigenvalue weighted by Gasteiger charge is -2.24. The van der Waals surface area contributed by atoms with E-state index in [0.717, 1.165) is 0 Å². The highest BCUT2D eigenvalue weighted by atomic mass is 16.4. The van der Waals surface area contributed by atoms with Crippen LogP contribution < -0.4 is 10.6 Å². The molecule has 0 aliphatic heterocycles. The SMILES string of the molecule is CNC(C)(C)C(=O)NC(CC(=O)O)C(=O)O. The van der Waals surface area contributed by atoms with Gasteiger partial charge in [0.1, 0.15) is 6.04 Å². The third-order valence-electron chi connectivity index (χ3n) is 2.17. The number of hydrogen-bond donors (Lipinski definition) is 4. The van der Waals surface area contributed by atoms with Crippen molar-refractivity contribution in [2.24, 2.45) is 0 Å². The minimum Gasteiger partial charge on any atom is -0.481 e. The van der Waals surface area contributed by atoms with Gasteiger partial charge < -0.3 is 20.8 Å². The Morgan fingerprint density at radius 3 is 2.06 bits per heavy atom. The molecule has 0 aromatic carbocycles. The molecule has 0 aliphatic carbocycles. The van der Waals surface area contributed by atoms with Crippen molar-refractivity contribution in [1.82, 2.24) is 10.6 Å². The van der Waals surface area contributed by atoms with Gasteiger partial charge in [0.05, 0.1) is 12.0 Å². The quantitative estimate of drug-likeness (QED) is 0.468. The Hall–Kier alpha value is -1.63. The second kappa shape index (κ2) is 5.45. The highest BCUT2D eigenvalue weighted by Gasteiger charge is 2.30. The molecule has 0 saturated carbocycles. The van der Waals surface area contributed by atoms with Crippen LogP contribution >= 0.6 is 0 Å². The smallest absolute Gasteiger partial charge is 0.326 e. The Morgan fingerprint density at radius 1 is 1.25 bits per heavy atom. The summed E-state index contributed by atoms with van der Waals surface area (Å²) in [5.74, 6) is -3.22. The van der Waals surface area contributed by atoms with Crippen molar-refractivity contribution in [1.29, 1.82) is 0 Å². The van der Waals surface area contributed by atoms with Crippen LogP contribution in [0.3, 0.4) is 0 Å². The predicted molar refractivity (Wildman–Crippen MR) is 55.0 cm³/mol. The molecular weight excluding hydrogens is 216 g/mol. The van der Waals surface area contributed by atoms with E-state index in [1.807, 2.05) is 0 Å². The Labute approximate surface area is 92.8 Å². The normalized spacial score (nSPS) is 12.9. The van der Waals surface area contributed by atoms with E-state index in [1.165, 1.54) is 0 Å². The molecule has 1 amide bonds. The summed E-state index contributed by atoms with van der Waals surface area (Å²) >= 11 is 0. The van der Waals surface area contributed by atoms with E-state index in [1.54, 1.807) is 20.9 Å². The average molecular weight is 232 g/mol. The zero-order chi connectivity index (χ0) is 12.9. The second-order valence-corrected chi connectivity index (χ2v) is 3.84. The number of carbonyl (C=O) groups is 3. The van der Waals surface area contributed by atoms with Crippen molar-refractivity contribution in [3.63, 3.8) is 0 Å². The highest BCUT2D eigenvalue weighted by molar-refractivity contribution is 5.91. The Balaban J connectivity index is 4.58. The Morgan fingerprint density at radius 2 is 1.75 bits per heavy atom. The van der Waals surface area contributed by atoms with Gasteiger partial charge >= 0.3 is 11.9 Å². The van der Waals surface area contributed by atoms with E-state index in [0.29, 0.717) is 0 Å². The minimum absolute atomic E-state index is 0.566. The lowest BCUT2D eigenvalue weighted by Crippen LogP contribution is -2.55. The monoisotopic (exact) mass is 232 g/mol. The number of nitrogens with one attached hydrogen (secondary N) is 2. The Kier molecular flexibility index (Phi) is 4.90. The summed E-state index contributed by atoms with van der Waals surface area (Å²) in [5.41, 5.74) is -0.952. The molecule has 7 heteroatoms. The van der Waals surface area contributed by atoms with E-state index in [4.69, 9.17) is 10.2 Å². The molecule has 0 heterocycles. The predicted octanol–water partition coefficient (Wildman–Crippen LogP) is -0.971. The number of hydrogen-bond acceptors (Lipinski definition) is 4. The maximum Gasteiger partial charge on any atom is 0.326 e. The lowest BCUT2D eigenvalue weighted by molar-refractivity contribution is -0.147. The molecule has 0 spiro atoms. The minimum atomic E-state index is -1.42. The number of rotatable bonds is 6. The third kappa shape index (κ3) is 4.26. The molecule has 0 aromatic rings. The maximum atomic E-state index is 11.6. The van der Waals surface area contributed by atoms with Gasteiger partial charge in [-0.05, 0) is 20.9 Å². The van der Waals surface area contributed by atoms with Crippen molar-refractivity contribution in [3.05, 3.63) is 0 Å². The molecule has 7 nitrogen and oxygen atoms in total. The number of likely N-dealkylation sites (N-methyl/N-ethyl adjacent to an activating group) is 1. The van der Waals surface area contributed by atoms with Gasteiger partial charge in [0, 0.05) is 0 Å². The largest absolute Gasteiger partial charge is 0.481 e. The zero-order valence-corrected chi connectivity index (χ0v) is 9.40. The van der Waals surface area contributed by atoms with Gasteiger partial charge in [0.2, 0.25) is 5.91 Å². The van der Waals surface area contributed by atoms with Crippen molar-refractivity contribution in [2.75, 3.05) is 7.05 Å². The van der Waals surface area contributed by atoms with Gasteiger partial charge in [-0.15, -0.1) is 0 Å². The van der Waals surface area contributed by atoms with Gasteiger partial charge in [-0.3, -0.25) is 9.59 Å². The molecule has 0 saturated heterocycles. The molecule has 1 unspecified atom stereocenters. The number of aliphatic carboxylic acids is 2. The fourth-order valence-electron chi connectivity index (χ4n) is 0.827. The fourth-order valence-corrected chi connectivity index (χ4v) is 0.827. The summed E-state index contributed by atoms with van der Waals surface area (Å²) < 4.78 is 0. The summed E-state index contributed by atoms with van der Waals surface area (Å²) in [6.07, 6.45) is -0.652. The summed E-state index contributed by atoms with van der Waals surface area (Å²) in [6.45, 7) is 3.12. The molecule has 0 fully saturated rings. The van der Waals surface area contributed by atoms with E-state index >= 15 is 0 Å². The molecule has 0 aliphatic rings. The van der Waals surface area contributed by atoms with Gasteiger partial charge in [-0.1, -0.05) is 0 Å². The summed E-state index contributed by atoms with van der Waals surface area (Å²) in [5, 5.41) is 22.0. The van der Waals surface area contributed by atoms with Crippen molar-refractivity contribution in [2.45, 2.75) is 31.8 Å². The van der Waals surface area contributed by atoms with Gasteiger partial charge in [-0.25, -0.2) is 4.79 Å². The zero-order valence-electron chi connectivity index (χ0n) is 9.40. The van der Waals surface area contributed by atoms with Crippen LogP contribution in [0.25, 0.3) is 0 Å². The van der Waals surface area contributed by atoms with Crippen LogP contribution in [0.1, 0.15) is 20.3 Å². The highest BCUT2D eigenvalue weighted by Crippen LogP contribution is 2.03. The van der Waals surface area contributed by atoms with Crippen molar-refractivity contribution in [3.8, 4) is 0 Å². The van der Waals surface area contributed by atoms with Crippen LogP contribution in [0.15, 0.2) is 0 Å². The first-order valence-electron chi connectivity index (χ1n) is 4.65. The molecule has 16 heavy (non-hydrogen) atoms. The van der Waals surface area contributed by atoms with E-state index in [9.17, 15) is 14.4 Å². The molecule has 0 rings (SSSR count). The van der Waals surface area contributed by atoms with Crippen LogP contribution in [-0.4, -0.2) is 46.7 Å². The first kappa shape index (κ1) is 14.4. The number of carboxylic acids is 2. The molecule has 0 bridgehead atoms. The number of carbonyl (C=O) groups excluding carboxylic acids is 1. The molecule has 1 atom stereocenters. The van der Waals surface area contributed by atoms with Crippen LogP contribution in [0, 0.1) is 0 Å². The topological polar surface area (TPSA) is 116 Å². The van der Waals surface area contributed by atoms with Crippen LogP contribution in [0.2, 0.25) is 0 Å². The lowest BCUT2D eigenvalue weighted by atomic mass is 10.0. The van der Waals surface area contributed by atoms with Gasteiger partial charge in [0.15, 0.2) is 0 Å². The van der Waals surface area contributed by atoms with E-state index < -0.39 is 35.8 Å². The average Bonchev–Trinajstić information content (AvgIpc) is 2.15. The first-order valence-corrected chi connectivity index (χ1v) is 4.65. The summed E-state index contributed by atoms with van der Waals surface area (Å²) in [4.78, 5) is 32.6. The van der Waals surface area contributed by atoms with E-state index in [2.05, 4.69) is 10.6 Å². The molecule has 0 aromatic heterocycles. The molecule has 92 valence electrons. The molecule has 4 N–H and O–H groups in total. The third-order valence-corrected chi connectivity index (χ3v) is 2.17. The van der Waals surface area contributed by atoms with Crippen molar-refractivity contribution >= 4 is 17.8 Å². The Bertz CT molecular complexity index is 300.